The van der Waals surface area contributed by atoms with Gasteiger partial charge in [0, 0.05) is 16.7 Å². The van der Waals surface area contributed by atoms with Crippen LogP contribution in [0.1, 0.15) is 19.8 Å². The lowest BCUT2D eigenvalue weighted by atomic mass is 9.99. The fraction of sp³-hybridized carbons (Fsp3) is 0.562. The van der Waals surface area contributed by atoms with Gasteiger partial charge in [-0.05, 0) is 62.7 Å². The number of likely N-dealkylation sites (N-methyl/N-ethyl adjacent to an activating group) is 1. The summed E-state index contributed by atoms with van der Waals surface area (Å²) in [6.07, 6.45) is 2.51. The van der Waals surface area contributed by atoms with E-state index < -0.39 is 0 Å². The van der Waals surface area contributed by atoms with Crippen molar-refractivity contribution in [3.63, 3.8) is 0 Å². The first kappa shape index (κ1) is 16.5. The molecular formula is C16H24BrN3O. The van der Waals surface area contributed by atoms with Gasteiger partial charge in [-0.3, -0.25) is 9.69 Å². The van der Waals surface area contributed by atoms with Crippen molar-refractivity contribution in [1.29, 1.82) is 0 Å². The summed E-state index contributed by atoms with van der Waals surface area (Å²) < 4.78 is 1.01. The first-order valence-electron chi connectivity index (χ1n) is 7.66. The second-order valence-corrected chi connectivity index (χ2v) is 6.51. The summed E-state index contributed by atoms with van der Waals surface area (Å²) in [4.78, 5) is 14.4. The summed E-state index contributed by atoms with van der Waals surface area (Å²) in [7, 11) is 0. The Bertz CT molecular complexity index is 443. The average Bonchev–Trinajstić information content (AvgIpc) is 2.50. The van der Waals surface area contributed by atoms with Gasteiger partial charge in [0.2, 0.25) is 5.91 Å². The van der Waals surface area contributed by atoms with E-state index in [1.807, 2.05) is 24.3 Å². The molecule has 0 spiro atoms. The van der Waals surface area contributed by atoms with Gasteiger partial charge in [-0.1, -0.05) is 22.9 Å². The molecule has 1 amide bonds. The Balaban J connectivity index is 1.79. The highest BCUT2D eigenvalue weighted by Gasteiger charge is 2.17. The lowest BCUT2D eigenvalue weighted by Crippen LogP contribution is -2.41. The zero-order valence-electron chi connectivity index (χ0n) is 12.6. The number of anilines is 1. The maximum Gasteiger partial charge on any atom is 0.238 e. The molecule has 5 heteroatoms. The standard InChI is InChI=1S/C16H24BrN3O/c1-2-20(11-13-4-3-9-18-10-13)12-16(21)19-15-7-5-14(17)6-8-15/h5-8,13,18H,2-4,9-12H2,1H3,(H,19,21). The minimum atomic E-state index is 0.0583. The summed E-state index contributed by atoms with van der Waals surface area (Å²) in [5, 5.41) is 6.39. The van der Waals surface area contributed by atoms with E-state index in [1.54, 1.807) is 0 Å². The number of amides is 1. The molecule has 1 aromatic rings. The zero-order valence-corrected chi connectivity index (χ0v) is 14.2. The van der Waals surface area contributed by atoms with Crippen LogP contribution in [0.5, 0.6) is 0 Å². The average molecular weight is 354 g/mol. The smallest absolute Gasteiger partial charge is 0.238 e. The number of rotatable bonds is 6. The molecule has 21 heavy (non-hydrogen) atoms. The molecule has 1 atom stereocenters. The normalized spacial score (nSPS) is 18.7. The predicted molar refractivity (Wildman–Crippen MR) is 90.5 cm³/mol. The zero-order chi connectivity index (χ0) is 15.1. The molecule has 116 valence electrons. The number of nitrogens with zero attached hydrogens (tertiary/aromatic N) is 1. The van der Waals surface area contributed by atoms with Crippen molar-refractivity contribution in [1.82, 2.24) is 10.2 Å². The van der Waals surface area contributed by atoms with Gasteiger partial charge in [-0.25, -0.2) is 0 Å². The molecule has 0 aliphatic carbocycles. The summed E-state index contributed by atoms with van der Waals surface area (Å²) in [5.74, 6) is 0.724. The Hall–Kier alpha value is -0.910. The van der Waals surface area contributed by atoms with Gasteiger partial charge in [0.05, 0.1) is 6.54 Å². The molecule has 1 aromatic carbocycles. The topological polar surface area (TPSA) is 44.4 Å². The van der Waals surface area contributed by atoms with Crippen LogP contribution in [0, 0.1) is 5.92 Å². The van der Waals surface area contributed by atoms with Crippen molar-refractivity contribution < 1.29 is 4.79 Å². The molecule has 1 heterocycles. The summed E-state index contributed by atoms with van der Waals surface area (Å²) in [6.45, 7) is 6.69. The fourth-order valence-corrected chi connectivity index (χ4v) is 2.95. The van der Waals surface area contributed by atoms with Crippen LogP contribution in [0.15, 0.2) is 28.7 Å². The molecule has 0 bridgehead atoms. The minimum absolute atomic E-state index is 0.0583. The van der Waals surface area contributed by atoms with Crippen molar-refractivity contribution in [3.05, 3.63) is 28.7 Å². The van der Waals surface area contributed by atoms with E-state index in [2.05, 4.69) is 38.4 Å². The number of carbonyl (C=O) groups is 1. The van der Waals surface area contributed by atoms with Crippen molar-refractivity contribution in [2.45, 2.75) is 19.8 Å². The van der Waals surface area contributed by atoms with E-state index in [0.717, 1.165) is 36.3 Å². The van der Waals surface area contributed by atoms with Crippen LogP contribution in [-0.2, 0) is 4.79 Å². The highest BCUT2D eigenvalue weighted by molar-refractivity contribution is 9.10. The molecule has 1 aliphatic rings. The lowest BCUT2D eigenvalue weighted by molar-refractivity contribution is -0.117. The fourth-order valence-electron chi connectivity index (χ4n) is 2.69. The minimum Gasteiger partial charge on any atom is -0.325 e. The van der Waals surface area contributed by atoms with Crippen LogP contribution in [0.25, 0.3) is 0 Å². The molecule has 0 radical (unpaired) electrons. The molecule has 4 nitrogen and oxygen atoms in total. The first-order chi connectivity index (χ1) is 10.2. The molecule has 1 fully saturated rings. The molecular weight excluding hydrogens is 330 g/mol. The molecule has 2 N–H and O–H groups in total. The molecule has 1 aliphatic heterocycles. The van der Waals surface area contributed by atoms with Crippen LogP contribution in [-0.4, -0.2) is 43.5 Å². The van der Waals surface area contributed by atoms with Crippen molar-refractivity contribution in [2.24, 2.45) is 5.92 Å². The quantitative estimate of drug-likeness (QED) is 0.826. The highest BCUT2D eigenvalue weighted by atomic mass is 79.9. The largest absolute Gasteiger partial charge is 0.325 e. The van der Waals surface area contributed by atoms with E-state index in [0.29, 0.717) is 12.5 Å². The van der Waals surface area contributed by atoms with E-state index in [-0.39, 0.29) is 5.91 Å². The summed E-state index contributed by atoms with van der Waals surface area (Å²) in [5.41, 5.74) is 0.846. The lowest BCUT2D eigenvalue weighted by Gasteiger charge is -2.29. The highest BCUT2D eigenvalue weighted by Crippen LogP contribution is 2.15. The Kier molecular flexibility index (Phi) is 6.67. The van der Waals surface area contributed by atoms with Crippen molar-refractivity contribution in [2.75, 3.05) is 38.0 Å². The van der Waals surface area contributed by atoms with Gasteiger partial charge < -0.3 is 10.6 Å². The van der Waals surface area contributed by atoms with E-state index in [1.165, 1.54) is 12.8 Å². The van der Waals surface area contributed by atoms with Crippen LogP contribution < -0.4 is 10.6 Å². The number of hydrogen-bond donors (Lipinski definition) is 2. The number of hydrogen-bond acceptors (Lipinski definition) is 3. The number of piperidine rings is 1. The van der Waals surface area contributed by atoms with Gasteiger partial charge >= 0.3 is 0 Å². The Morgan fingerprint density at radius 1 is 1.43 bits per heavy atom. The second-order valence-electron chi connectivity index (χ2n) is 5.60. The Labute approximate surface area is 135 Å². The maximum absolute atomic E-state index is 12.1. The van der Waals surface area contributed by atoms with Crippen LogP contribution in [0.3, 0.4) is 0 Å². The van der Waals surface area contributed by atoms with E-state index in [4.69, 9.17) is 0 Å². The molecule has 2 rings (SSSR count). The Morgan fingerprint density at radius 2 is 2.19 bits per heavy atom. The van der Waals surface area contributed by atoms with Crippen LogP contribution >= 0.6 is 15.9 Å². The third-order valence-electron chi connectivity index (χ3n) is 3.86. The maximum atomic E-state index is 12.1. The van der Waals surface area contributed by atoms with Gasteiger partial charge in [0.1, 0.15) is 0 Å². The second kappa shape index (κ2) is 8.51. The van der Waals surface area contributed by atoms with Gasteiger partial charge in [0.15, 0.2) is 0 Å². The number of carbonyl (C=O) groups excluding carboxylic acids is 1. The van der Waals surface area contributed by atoms with Gasteiger partial charge in [0.25, 0.3) is 0 Å². The van der Waals surface area contributed by atoms with E-state index in [9.17, 15) is 4.79 Å². The Morgan fingerprint density at radius 3 is 2.81 bits per heavy atom. The predicted octanol–water partition coefficient (Wildman–Crippen LogP) is 2.71. The molecule has 1 unspecified atom stereocenters. The SMILES string of the molecule is CCN(CC(=O)Nc1ccc(Br)cc1)CC1CCCNC1. The first-order valence-corrected chi connectivity index (χ1v) is 8.45. The van der Waals surface area contributed by atoms with Gasteiger partial charge in [-0.15, -0.1) is 0 Å². The number of nitrogens with one attached hydrogen (secondary N) is 2. The van der Waals surface area contributed by atoms with Crippen molar-refractivity contribution >= 4 is 27.5 Å². The molecule has 0 saturated carbocycles. The van der Waals surface area contributed by atoms with Crippen LogP contribution in [0.4, 0.5) is 5.69 Å². The van der Waals surface area contributed by atoms with Crippen molar-refractivity contribution in [3.8, 4) is 0 Å². The number of halogens is 1. The van der Waals surface area contributed by atoms with Crippen LogP contribution in [0.2, 0.25) is 0 Å². The third kappa shape index (κ3) is 5.77. The molecule has 1 saturated heterocycles. The summed E-state index contributed by atoms with van der Waals surface area (Å²) in [6, 6.07) is 7.68. The monoisotopic (exact) mass is 353 g/mol. The number of benzene rings is 1. The van der Waals surface area contributed by atoms with E-state index >= 15 is 0 Å². The van der Waals surface area contributed by atoms with Gasteiger partial charge in [-0.2, -0.15) is 0 Å². The third-order valence-corrected chi connectivity index (χ3v) is 4.39. The molecule has 0 aromatic heterocycles. The summed E-state index contributed by atoms with van der Waals surface area (Å²) >= 11 is 3.39.